The van der Waals surface area contributed by atoms with Gasteiger partial charge in [-0.2, -0.15) is 0 Å². The van der Waals surface area contributed by atoms with E-state index in [-0.39, 0.29) is 6.42 Å². The zero-order valence-corrected chi connectivity index (χ0v) is 12.5. The minimum Gasteiger partial charge on any atom is -0.481 e. The van der Waals surface area contributed by atoms with Crippen LogP contribution in [0.4, 0.5) is 0 Å². The molecular weight excluding hydrogens is 250 g/mol. The second kappa shape index (κ2) is 5.53. The molecule has 1 heterocycles. The van der Waals surface area contributed by atoms with Gasteiger partial charge >= 0.3 is 5.97 Å². The molecule has 3 heteroatoms. The topological polar surface area (TPSA) is 42.2 Å². The summed E-state index contributed by atoms with van der Waals surface area (Å²) in [6.45, 7) is 8.33. The molecule has 2 aromatic rings. The second-order valence-corrected chi connectivity index (χ2v) is 5.39. The van der Waals surface area contributed by atoms with Crippen LogP contribution < -0.4 is 0 Å². The lowest BCUT2D eigenvalue weighted by Crippen LogP contribution is -2.02. The number of aliphatic carboxylic acids is 1. The van der Waals surface area contributed by atoms with E-state index >= 15 is 0 Å². The quantitative estimate of drug-likeness (QED) is 0.920. The van der Waals surface area contributed by atoms with E-state index in [1.807, 2.05) is 0 Å². The van der Waals surface area contributed by atoms with Crippen LogP contribution >= 0.6 is 0 Å². The fourth-order valence-electron chi connectivity index (χ4n) is 2.59. The van der Waals surface area contributed by atoms with E-state index < -0.39 is 5.97 Å². The van der Waals surface area contributed by atoms with Gasteiger partial charge in [0.05, 0.1) is 0 Å². The Morgan fingerprint density at radius 1 is 1.10 bits per heavy atom. The van der Waals surface area contributed by atoms with Gasteiger partial charge in [-0.15, -0.1) is 0 Å². The number of carboxylic acids is 1. The Labute approximate surface area is 119 Å². The minimum atomic E-state index is -0.749. The summed E-state index contributed by atoms with van der Waals surface area (Å²) in [5, 5.41) is 8.82. The summed E-state index contributed by atoms with van der Waals surface area (Å²) < 4.78 is 2.20. The van der Waals surface area contributed by atoms with Crippen molar-refractivity contribution < 1.29 is 9.90 Å². The second-order valence-electron chi connectivity index (χ2n) is 5.39. The first-order valence-electron chi connectivity index (χ1n) is 6.87. The average molecular weight is 271 g/mol. The summed E-state index contributed by atoms with van der Waals surface area (Å²) in [5.41, 5.74) is 7.08. The van der Waals surface area contributed by atoms with E-state index in [4.69, 9.17) is 5.11 Å². The molecule has 0 bridgehead atoms. The summed E-state index contributed by atoms with van der Waals surface area (Å²) in [6.07, 6.45) is 0.761. The van der Waals surface area contributed by atoms with Crippen molar-refractivity contribution in [2.45, 2.75) is 40.5 Å². The van der Waals surface area contributed by atoms with Crippen molar-refractivity contribution in [3.05, 3.63) is 52.3 Å². The van der Waals surface area contributed by atoms with Crippen LogP contribution in [0.15, 0.2) is 24.3 Å². The highest BCUT2D eigenvalue weighted by Crippen LogP contribution is 2.23. The molecule has 0 saturated heterocycles. The lowest BCUT2D eigenvalue weighted by atomic mass is 10.1. The molecule has 1 aromatic heterocycles. The Kier molecular flexibility index (Phi) is 3.98. The smallest absolute Gasteiger partial charge is 0.303 e. The van der Waals surface area contributed by atoms with Crippen molar-refractivity contribution in [2.75, 3.05) is 0 Å². The number of hydrogen-bond donors (Lipinski definition) is 1. The molecule has 0 aliphatic heterocycles. The zero-order valence-electron chi connectivity index (χ0n) is 12.5. The molecule has 106 valence electrons. The number of aromatic nitrogens is 1. The van der Waals surface area contributed by atoms with Gasteiger partial charge in [0, 0.05) is 23.5 Å². The highest BCUT2D eigenvalue weighted by Gasteiger charge is 2.12. The molecule has 0 aliphatic carbocycles. The molecule has 0 saturated carbocycles. The van der Waals surface area contributed by atoms with Gasteiger partial charge in [-0.1, -0.05) is 6.07 Å². The maximum atomic E-state index is 10.7. The average Bonchev–Trinajstić information content (AvgIpc) is 2.65. The molecule has 0 atom stereocenters. The molecule has 20 heavy (non-hydrogen) atoms. The Bertz CT molecular complexity index is 653. The van der Waals surface area contributed by atoms with E-state index in [0.29, 0.717) is 6.42 Å². The molecule has 0 unspecified atom stereocenters. The highest BCUT2D eigenvalue weighted by molar-refractivity contribution is 5.67. The number of aryl methyl sites for hydroxylation is 4. The number of carbonyl (C=O) groups is 1. The monoisotopic (exact) mass is 271 g/mol. The van der Waals surface area contributed by atoms with E-state index in [0.717, 1.165) is 22.6 Å². The Balaban J connectivity index is 2.41. The summed E-state index contributed by atoms with van der Waals surface area (Å²) in [4.78, 5) is 10.7. The molecule has 0 aliphatic rings. The third-order valence-electron chi connectivity index (χ3n) is 3.89. The van der Waals surface area contributed by atoms with Gasteiger partial charge in [0.1, 0.15) is 0 Å². The van der Waals surface area contributed by atoms with Gasteiger partial charge in [0.25, 0.3) is 0 Å². The first-order chi connectivity index (χ1) is 9.40. The first-order valence-corrected chi connectivity index (χ1v) is 6.87. The van der Waals surface area contributed by atoms with Crippen LogP contribution in [0.5, 0.6) is 0 Å². The van der Waals surface area contributed by atoms with Crippen LogP contribution in [0, 0.1) is 27.7 Å². The van der Waals surface area contributed by atoms with Crippen molar-refractivity contribution in [1.82, 2.24) is 4.57 Å². The van der Waals surface area contributed by atoms with Crippen molar-refractivity contribution in [3.63, 3.8) is 0 Å². The van der Waals surface area contributed by atoms with Crippen molar-refractivity contribution in [3.8, 4) is 5.69 Å². The van der Waals surface area contributed by atoms with Gasteiger partial charge in [0.15, 0.2) is 0 Å². The highest BCUT2D eigenvalue weighted by atomic mass is 16.4. The number of carboxylic acid groups (broad SMARTS) is 1. The molecule has 1 aromatic carbocycles. The lowest BCUT2D eigenvalue weighted by molar-refractivity contribution is -0.136. The molecule has 3 nitrogen and oxygen atoms in total. The summed E-state index contributed by atoms with van der Waals surface area (Å²) >= 11 is 0. The Hall–Kier alpha value is -2.03. The molecule has 0 radical (unpaired) electrons. The standard InChI is InChI=1S/C17H21NO2/c1-11-5-7-16(9-12(11)2)18-13(3)10-15(14(18)4)6-8-17(19)20/h5,7,9-10H,6,8H2,1-4H3,(H,19,20). The normalized spacial score (nSPS) is 10.8. The third-order valence-corrected chi connectivity index (χ3v) is 3.89. The molecular formula is C17H21NO2. The van der Waals surface area contributed by atoms with Gasteiger partial charge in [-0.05, 0) is 69.0 Å². The van der Waals surface area contributed by atoms with Gasteiger partial charge in [-0.25, -0.2) is 0 Å². The number of hydrogen-bond acceptors (Lipinski definition) is 1. The largest absolute Gasteiger partial charge is 0.481 e. The van der Waals surface area contributed by atoms with Crippen LogP contribution in [0.25, 0.3) is 5.69 Å². The predicted molar refractivity (Wildman–Crippen MR) is 80.7 cm³/mol. The van der Waals surface area contributed by atoms with E-state index in [1.54, 1.807) is 0 Å². The SMILES string of the molecule is Cc1ccc(-n2c(C)cc(CCC(=O)O)c2C)cc1C. The van der Waals surface area contributed by atoms with Gasteiger partial charge in [-0.3, -0.25) is 4.79 Å². The zero-order chi connectivity index (χ0) is 14.9. The summed E-state index contributed by atoms with van der Waals surface area (Å²) in [7, 11) is 0. The van der Waals surface area contributed by atoms with Gasteiger partial charge < -0.3 is 9.67 Å². The number of benzene rings is 1. The summed E-state index contributed by atoms with van der Waals surface area (Å²) in [5.74, 6) is -0.749. The third kappa shape index (κ3) is 2.77. The molecule has 0 amide bonds. The Morgan fingerprint density at radius 3 is 2.40 bits per heavy atom. The van der Waals surface area contributed by atoms with Crippen LogP contribution in [0.1, 0.15) is 34.5 Å². The molecule has 0 fully saturated rings. The summed E-state index contributed by atoms with van der Waals surface area (Å²) in [6, 6.07) is 8.51. The molecule has 1 N–H and O–H groups in total. The Morgan fingerprint density at radius 2 is 1.80 bits per heavy atom. The van der Waals surface area contributed by atoms with Crippen molar-refractivity contribution in [2.24, 2.45) is 0 Å². The maximum Gasteiger partial charge on any atom is 0.303 e. The van der Waals surface area contributed by atoms with Crippen LogP contribution in [0.2, 0.25) is 0 Å². The predicted octanol–water partition coefficient (Wildman–Crippen LogP) is 3.73. The van der Waals surface area contributed by atoms with Crippen molar-refractivity contribution in [1.29, 1.82) is 0 Å². The van der Waals surface area contributed by atoms with Crippen molar-refractivity contribution >= 4 is 5.97 Å². The van der Waals surface area contributed by atoms with E-state index in [1.165, 1.54) is 11.1 Å². The van der Waals surface area contributed by atoms with Crippen LogP contribution in [0.3, 0.4) is 0 Å². The van der Waals surface area contributed by atoms with E-state index in [2.05, 4.69) is 56.5 Å². The van der Waals surface area contributed by atoms with E-state index in [9.17, 15) is 4.79 Å². The minimum absolute atomic E-state index is 0.178. The van der Waals surface area contributed by atoms with Crippen LogP contribution in [-0.4, -0.2) is 15.6 Å². The molecule has 2 rings (SSSR count). The maximum absolute atomic E-state index is 10.7. The first kappa shape index (κ1) is 14.4. The fourth-order valence-corrected chi connectivity index (χ4v) is 2.59. The van der Waals surface area contributed by atoms with Gasteiger partial charge in [0.2, 0.25) is 0 Å². The fraction of sp³-hybridized carbons (Fsp3) is 0.353. The van der Waals surface area contributed by atoms with Crippen LogP contribution in [-0.2, 0) is 11.2 Å². The number of nitrogens with zero attached hydrogens (tertiary/aromatic N) is 1. The lowest BCUT2D eigenvalue weighted by Gasteiger charge is -2.12. The number of rotatable bonds is 4. The molecule has 0 spiro atoms.